The van der Waals surface area contributed by atoms with Crippen LogP contribution >= 0.6 is 0 Å². The van der Waals surface area contributed by atoms with Crippen LogP contribution in [0.1, 0.15) is 33.4 Å². The zero-order valence-corrected chi connectivity index (χ0v) is 18.0. The van der Waals surface area contributed by atoms with E-state index in [9.17, 15) is 14.7 Å². The van der Waals surface area contributed by atoms with Gasteiger partial charge in [0.2, 0.25) is 5.91 Å². The number of anilines is 1. The average molecular weight is 445 g/mol. The smallest absolute Gasteiger partial charge is 0.255 e. The molecule has 1 aliphatic rings. The first-order valence-corrected chi connectivity index (χ1v) is 10.4. The molecule has 1 saturated heterocycles. The molecule has 0 radical (unpaired) electrons. The molecule has 2 N–H and O–H groups in total. The first kappa shape index (κ1) is 22.2. The second-order valence-electron chi connectivity index (χ2n) is 7.72. The topological polar surface area (TPSA) is 120 Å². The fourth-order valence-electron chi connectivity index (χ4n) is 3.78. The van der Waals surface area contributed by atoms with E-state index < -0.39 is 12.1 Å². The number of morpholine rings is 1. The number of nitrogens with one attached hydrogen (secondary N) is 1. The number of aromatic nitrogens is 2. The Hall–Kier alpha value is -4.00. The van der Waals surface area contributed by atoms with Crippen LogP contribution in [-0.2, 0) is 23.1 Å². The van der Waals surface area contributed by atoms with Gasteiger partial charge in [-0.3, -0.25) is 9.59 Å². The monoisotopic (exact) mass is 445 g/mol. The minimum Gasteiger partial charge on any atom is -0.394 e. The van der Waals surface area contributed by atoms with E-state index in [4.69, 9.17) is 10.00 Å². The van der Waals surface area contributed by atoms with E-state index >= 15 is 0 Å². The van der Waals surface area contributed by atoms with Crippen molar-refractivity contribution in [2.75, 3.05) is 18.5 Å². The van der Waals surface area contributed by atoms with Crippen molar-refractivity contribution in [2.45, 2.75) is 18.7 Å². The fraction of sp³-hybridized carbons (Fsp3) is 0.250. The number of nitriles is 1. The second-order valence-corrected chi connectivity index (χ2v) is 7.72. The Labute approximate surface area is 190 Å². The van der Waals surface area contributed by atoms with Crippen molar-refractivity contribution in [1.82, 2.24) is 14.5 Å². The van der Waals surface area contributed by atoms with E-state index in [2.05, 4.69) is 10.3 Å². The Bertz CT molecular complexity index is 1180. The van der Waals surface area contributed by atoms with Gasteiger partial charge in [0.1, 0.15) is 18.5 Å². The van der Waals surface area contributed by atoms with Gasteiger partial charge in [0.05, 0.1) is 30.8 Å². The van der Waals surface area contributed by atoms with Crippen molar-refractivity contribution in [3.05, 3.63) is 83.4 Å². The number of carbonyl (C=O) groups excluding carboxylic acids is 2. The second kappa shape index (κ2) is 9.65. The van der Waals surface area contributed by atoms with Crippen LogP contribution in [0, 0.1) is 11.3 Å². The summed E-state index contributed by atoms with van der Waals surface area (Å²) in [5.41, 5.74) is 2.29. The molecule has 33 heavy (non-hydrogen) atoms. The minimum atomic E-state index is -0.568. The lowest BCUT2D eigenvalue weighted by atomic mass is 9.99. The highest BCUT2D eigenvalue weighted by atomic mass is 16.5. The molecule has 1 aliphatic heterocycles. The predicted molar refractivity (Wildman–Crippen MR) is 119 cm³/mol. The summed E-state index contributed by atoms with van der Waals surface area (Å²) in [4.78, 5) is 30.8. The summed E-state index contributed by atoms with van der Waals surface area (Å²) in [6.07, 6.45) is 2.95. The number of amides is 2. The number of hydrogen-bond acceptors (Lipinski definition) is 6. The van der Waals surface area contributed by atoms with Gasteiger partial charge in [-0.2, -0.15) is 5.26 Å². The van der Waals surface area contributed by atoms with Crippen LogP contribution in [0.15, 0.2) is 60.9 Å². The lowest BCUT2D eigenvalue weighted by Crippen LogP contribution is -2.52. The van der Waals surface area contributed by atoms with Gasteiger partial charge < -0.3 is 24.6 Å². The van der Waals surface area contributed by atoms with Crippen molar-refractivity contribution >= 4 is 17.5 Å². The third-order valence-electron chi connectivity index (χ3n) is 5.65. The summed E-state index contributed by atoms with van der Waals surface area (Å²) in [6.45, 7) is -0.0903. The van der Waals surface area contributed by atoms with Crippen LogP contribution in [0.25, 0.3) is 0 Å². The maximum Gasteiger partial charge on any atom is 0.255 e. The molecular formula is C24H23N5O4. The van der Waals surface area contributed by atoms with E-state index in [0.717, 1.165) is 5.56 Å². The number of ether oxygens (including phenoxy) is 1. The normalized spacial score (nSPS) is 18.1. The molecule has 9 nitrogen and oxygen atoms in total. The third-order valence-corrected chi connectivity index (χ3v) is 5.65. The lowest BCUT2D eigenvalue weighted by Gasteiger charge is -2.40. The van der Waals surface area contributed by atoms with Gasteiger partial charge in [0.15, 0.2) is 0 Å². The number of hydrogen-bond donors (Lipinski definition) is 2. The number of aryl methyl sites for hydroxylation is 1. The van der Waals surface area contributed by atoms with E-state index in [1.54, 1.807) is 65.8 Å². The number of aliphatic hydroxyl groups is 1. The van der Waals surface area contributed by atoms with Crippen molar-refractivity contribution in [3.8, 4) is 6.07 Å². The van der Waals surface area contributed by atoms with E-state index in [1.165, 1.54) is 0 Å². The van der Waals surface area contributed by atoms with E-state index in [0.29, 0.717) is 22.6 Å². The Morgan fingerprint density at radius 1 is 1.24 bits per heavy atom. The van der Waals surface area contributed by atoms with Crippen LogP contribution in [0.4, 0.5) is 5.69 Å². The van der Waals surface area contributed by atoms with Crippen molar-refractivity contribution in [1.29, 1.82) is 5.26 Å². The summed E-state index contributed by atoms with van der Waals surface area (Å²) >= 11 is 0. The average Bonchev–Trinajstić information content (AvgIpc) is 3.25. The lowest BCUT2D eigenvalue weighted by molar-refractivity contribution is -0.162. The molecule has 0 bridgehead atoms. The first-order valence-electron chi connectivity index (χ1n) is 10.4. The molecule has 2 amide bonds. The Morgan fingerprint density at radius 3 is 2.58 bits per heavy atom. The molecule has 2 unspecified atom stereocenters. The van der Waals surface area contributed by atoms with Gasteiger partial charge in [0, 0.05) is 30.7 Å². The van der Waals surface area contributed by atoms with Gasteiger partial charge in [-0.25, -0.2) is 4.98 Å². The van der Waals surface area contributed by atoms with Crippen molar-refractivity contribution in [3.63, 3.8) is 0 Å². The molecule has 1 fully saturated rings. The maximum absolute atomic E-state index is 12.5. The van der Waals surface area contributed by atoms with Gasteiger partial charge in [-0.15, -0.1) is 0 Å². The molecule has 2 aromatic carbocycles. The van der Waals surface area contributed by atoms with Crippen molar-refractivity contribution < 1.29 is 19.4 Å². The number of nitrogens with zero attached hydrogens (tertiary/aromatic N) is 4. The third kappa shape index (κ3) is 4.77. The summed E-state index contributed by atoms with van der Waals surface area (Å²) in [7, 11) is 1.85. The number of rotatable bonds is 6. The van der Waals surface area contributed by atoms with Crippen molar-refractivity contribution in [2.24, 2.45) is 7.05 Å². The highest BCUT2D eigenvalue weighted by molar-refractivity contribution is 6.04. The van der Waals surface area contributed by atoms with Crippen LogP contribution < -0.4 is 5.32 Å². The number of carbonyl (C=O) groups is 2. The number of benzene rings is 2. The van der Waals surface area contributed by atoms with E-state index in [-0.39, 0.29) is 31.6 Å². The van der Waals surface area contributed by atoms with Gasteiger partial charge in [0.25, 0.3) is 5.91 Å². The highest BCUT2D eigenvalue weighted by Crippen LogP contribution is 2.30. The molecule has 168 valence electrons. The zero-order valence-electron chi connectivity index (χ0n) is 18.0. The Kier molecular flexibility index (Phi) is 6.49. The molecule has 2 heterocycles. The minimum absolute atomic E-state index is 0.0945. The Morgan fingerprint density at radius 2 is 1.97 bits per heavy atom. The molecule has 1 aromatic heterocycles. The maximum atomic E-state index is 12.5. The quantitative estimate of drug-likeness (QED) is 0.599. The SMILES string of the molecule is Cn1ccnc1CN1C(=O)COC(c2ccc(NC(=O)c3ccc(C#N)cc3)cc2)C1CO. The Balaban J connectivity index is 1.47. The molecule has 0 saturated carbocycles. The molecule has 0 spiro atoms. The number of aliphatic hydroxyl groups excluding tert-OH is 1. The van der Waals surface area contributed by atoms with Crippen LogP contribution in [0.2, 0.25) is 0 Å². The molecule has 4 rings (SSSR count). The summed E-state index contributed by atoms with van der Waals surface area (Å²) < 4.78 is 7.61. The van der Waals surface area contributed by atoms with Crippen LogP contribution in [0.5, 0.6) is 0 Å². The molecular weight excluding hydrogens is 422 g/mol. The molecule has 0 aliphatic carbocycles. The standard InChI is InChI=1S/C24H23N5O4/c1-28-11-10-26-21(28)13-29-20(14-30)23(33-15-22(29)31)17-6-8-19(9-7-17)27-24(32)18-4-2-16(12-25)3-5-18/h2-11,20,23,30H,13-15H2,1H3,(H,27,32). The van der Waals surface area contributed by atoms with Crippen LogP contribution in [0.3, 0.4) is 0 Å². The molecule has 2 atom stereocenters. The molecule has 9 heteroatoms. The first-order chi connectivity index (χ1) is 16.0. The highest BCUT2D eigenvalue weighted by Gasteiger charge is 2.37. The van der Waals surface area contributed by atoms with Gasteiger partial charge in [-0.1, -0.05) is 12.1 Å². The van der Waals surface area contributed by atoms with Crippen LogP contribution in [-0.4, -0.2) is 50.6 Å². The van der Waals surface area contributed by atoms with Gasteiger partial charge in [-0.05, 0) is 42.0 Å². The summed E-state index contributed by atoms with van der Waals surface area (Å²) in [6, 6.07) is 14.9. The summed E-state index contributed by atoms with van der Waals surface area (Å²) in [5, 5.41) is 21.8. The number of imidazole rings is 1. The molecule has 3 aromatic rings. The van der Waals surface area contributed by atoms with Gasteiger partial charge >= 0.3 is 0 Å². The summed E-state index contributed by atoms with van der Waals surface area (Å²) in [5.74, 6) is 0.212. The predicted octanol–water partition coefficient (Wildman–Crippen LogP) is 2.01. The zero-order chi connectivity index (χ0) is 23.4. The fourth-order valence-corrected chi connectivity index (χ4v) is 3.78. The van der Waals surface area contributed by atoms with E-state index in [1.807, 2.05) is 17.7 Å². The largest absolute Gasteiger partial charge is 0.394 e.